The maximum absolute atomic E-state index is 12.6. The van der Waals surface area contributed by atoms with Gasteiger partial charge in [-0.25, -0.2) is 9.59 Å². The molecule has 0 saturated heterocycles. The van der Waals surface area contributed by atoms with Gasteiger partial charge in [0, 0.05) is 18.2 Å². The molecular weight excluding hydrogens is 448 g/mol. The Balaban J connectivity index is 2.46. The summed E-state index contributed by atoms with van der Waals surface area (Å²) in [7, 11) is 0. The normalized spacial score (nSPS) is 10.0. The van der Waals surface area contributed by atoms with Gasteiger partial charge < -0.3 is 14.2 Å². The monoisotopic (exact) mass is 462 g/mol. The summed E-state index contributed by atoms with van der Waals surface area (Å²) in [5, 5.41) is 20.2. The van der Waals surface area contributed by atoms with Crippen LogP contribution in [0.25, 0.3) is 0 Å². The molecule has 0 aliphatic heterocycles. The molecule has 0 radical (unpaired) electrons. The molecule has 0 atom stereocenters. The summed E-state index contributed by atoms with van der Waals surface area (Å²) < 4.78 is 15.9. The molecule has 0 spiro atoms. The first-order chi connectivity index (χ1) is 13.8. The lowest BCUT2D eigenvalue weighted by Gasteiger charge is -2.13. The number of halogens is 1. The Bertz CT molecular complexity index is 1010. The van der Waals surface area contributed by atoms with Crippen LogP contribution in [0.2, 0.25) is 0 Å². The van der Waals surface area contributed by atoms with Crippen molar-refractivity contribution in [3.8, 4) is 17.6 Å². The number of nitro benzene ring substituents is 1. The summed E-state index contributed by atoms with van der Waals surface area (Å²) in [5.41, 5.74) is -0.565. The number of hydrogen-bond acceptors (Lipinski definition) is 8. The second-order valence-electron chi connectivity index (χ2n) is 5.47. The Kier molecular flexibility index (Phi) is 7.27. The zero-order valence-electron chi connectivity index (χ0n) is 15.4. The Morgan fingerprint density at radius 1 is 1.10 bits per heavy atom. The van der Waals surface area contributed by atoms with Crippen molar-refractivity contribution in [1.29, 1.82) is 5.26 Å². The van der Waals surface area contributed by atoms with E-state index in [2.05, 4.69) is 15.9 Å². The van der Waals surface area contributed by atoms with Crippen molar-refractivity contribution in [2.75, 3.05) is 13.2 Å². The molecule has 0 aliphatic carbocycles. The van der Waals surface area contributed by atoms with Crippen molar-refractivity contribution in [1.82, 2.24) is 0 Å². The molecular formula is C19H15BrN2O7. The summed E-state index contributed by atoms with van der Waals surface area (Å²) >= 11 is 3.22. The van der Waals surface area contributed by atoms with Crippen LogP contribution in [0.4, 0.5) is 5.69 Å². The number of rotatable bonds is 7. The number of esters is 2. The zero-order chi connectivity index (χ0) is 21.6. The second-order valence-corrected chi connectivity index (χ2v) is 6.32. The van der Waals surface area contributed by atoms with E-state index in [4.69, 9.17) is 19.5 Å². The third-order valence-electron chi connectivity index (χ3n) is 3.51. The summed E-state index contributed by atoms with van der Waals surface area (Å²) in [4.78, 5) is 35.0. The van der Waals surface area contributed by atoms with Crippen LogP contribution >= 0.6 is 15.9 Å². The minimum Gasteiger partial charge on any atom is -0.490 e. The fourth-order valence-electron chi connectivity index (χ4n) is 2.31. The maximum Gasteiger partial charge on any atom is 0.343 e. The molecule has 0 fully saturated rings. The highest BCUT2D eigenvalue weighted by Gasteiger charge is 2.22. The van der Waals surface area contributed by atoms with Gasteiger partial charge in [-0.2, -0.15) is 5.26 Å². The van der Waals surface area contributed by atoms with Gasteiger partial charge in [0.25, 0.3) is 5.69 Å². The minimum atomic E-state index is -0.953. The van der Waals surface area contributed by atoms with Crippen LogP contribution < -0.4 is 9.47 Å². The van der Waals surface area contributed by atoms with E-state index in [-0.39, 0.29) is 45.9 Å². The summed E-state index contributed by atoms with van der Waals surface area (Å²) in [5.74, 6) is -1.62. The lowest BCUT2D eigenvalue weighted by Crippen LogP contribution is -2.13. The van der Waals surface area contributed by atoms with Crippen molar-refractivity contribution < 1.29 is 28.7 Å². The summed E-state index contributed by atoms with van der Waals surface area (Å²) in [6.45, 7) is 3.61. The van der Waals surface area contributed by atoms with Crippen LogP contribution in [0.15, 0.2) is 34.8 Å². The predicted molar refractivity (Wildman–Crippen MR) is 104 cm³/mol. The molecule has 0 aliphatic rings. The molecule has 29 heavy (non-hydrogen) atoms. The number of nitro groups is 1. The van der Waals surface area contributed by atoms with E-state index in [9.17, 15) is 19.7 Å². The van der Waals surface area contributed by atoms with Gasteiger partial charge in [0.2, 0.25) is 0 Å². The first kappa shape index (κ1) is 21.8. The lowest BCUT2D eigenvalue weighted by atomic mass is 10.1. The molecule has 2 aromatic carbocycles. The van der Waals surface area contributed by atoms with E-state index in [1.54, 1.807) is 13.8 Å². The quantitative estimate of drug-likeness (QED) is 0.261. The largest absolute Gasteiger partial charge is 0.490 e. The van der Waals surface area contributed by atoms with Gasteiger partial charge in [-0.3, -0.25) is 10.1 Å². The number of carbonyl (C=O) groups excluding carboxylic acids is 2. The first-order valence-corrected chi connectivity index (χ1v) is 9.15. The van der Waals surface area contributed by atoms with Crippen LogP contribution in [-0.2, 0) is 4.74 Å². The van der Waals surface area contributed by atoms with Gasteiger partial charge in [0.1, 0.15) is 0 Å². The fourth-order valence-corrected chi connectivity index (χ4v) is 2.84. The number of non-ortho nitro benzene ring substituents is 1. The van der Waals surface area contributed by atoms with E-state index in [0.29, 0.717) is 0 Å². The number of ether oxygens (including phenoxy) is 3. The predicted octanol–water partition coefficient (Wildman–Crippen LogP) is 4.02. The summed E-state index contributed by atoms with van der Waals surface area (Å²) in [6, 6.07) is 7.93. The Morgan fingerprint density at radius 3 is 2.31 bits per heavy atom. The van der Waals surface area contributed by atoms with Crippen molar-refractivity contribution in [2.24, 2.45) is 0 Å². The van der Waals surface area contributed by atoms with Gasteiger partial charge >= 0.3 is 11.9 Å². The maximum atomic E-state index is 12.6. The second kappa shape index (κ2) is 9.66. The van der Waals surface area contributed by atoms with Gasteiger partial charge in [0.05, 0.1) is 45.4 Å². The highest BCUT2D eigenvalue weighted by atomic mass is 79.9. The Hall–Kier alpha value is -3.45. The molecule has 150 valence electrons. The van der Waals surface area contributed by atoms with Crippen molar-refractivity contribution >= 4 is 33.6 Å². The molecule has 10 heteroatoms. The van der Waals surface area contributed by atoms with Gasteiger partial charge in [-0.1, -0.05) is 0 Å². The van der Waals surface area contributed by atoms with E-state index in [0.717, 1.165) is 18.2 Å². The van der Waals surface area contributed by atoms with E-state index >= 15 is 0 Å². The average molecular weight is 463 g/mol. The third kappa shape index (κ3) is 5.30. The number of hydrogen-bond donors (Lipinski definition) is 0. The lowest BCUT2D eigenvalue weighted by molar-refractivity contribution is -0.384. The highest BCUT2D eigenvalue weighted by Crippen LogP contribution is 2.37. The fraction of sp³-hybridized carbons (Fsp3) is 0.211. The molecule has 0 unspecified atom stereocenters. The van der Waals surface area contributed by atoms with Crippen molar-refractivity contribution in [3.05, 3.63) is 61.6 Å². The first-order valence-electron chi connectivity index (χ1n) is 8.35. The highest BCUT2D eigenvalue weighted by molar-refractivity contribution is 9.10. The molecule has 0 N–H and O–H groups in total. The van der Waals surface area contributed by atoms with Crippen LogP contribution in [0.1, 0.15) is 40.1 Å². The number of nitrogens with zero attached hydrogens (tertiary/aromatic N) is 2. The van der Waals surface area contributed by atoms with Crippen molar-refractivity contribution in [3.63, 3.8) is 0 Å². The number of benzene rings is 2. The summed E-state index contributed by atoms with van der Waals surface area (Å²) in [6.07, 6.45) is 0. The molecule has 0 saturated carbocycles. The van der Waals surface area contributed by atoms with E-state index in [1.165, 1.54) is 12.1 Å². The SMILES string of the molecule is CCOC(=O)c1cc(C(=O)Oc2c(Br)cc(C#N)cc2OCC)cc([N+](=O)[O-])c1. The molecule has 2 rings (SSSR count). The van der Waals surface area contributed by atoms with Gasteiger partial charge in [-0.15, -0.1) is 0 Å². The molecule has 0 bridgehead atoms. The smallest absolute Gasteiger partial charge is 0.343 e. The molecule has 0 aromatic heterocycles. The minimum absolute atomic E-state index is 0.0000378. The Morgan fingerprint density at radius 2 is 1.76 bits per heavy atom. The third-order valence-corrected chi connectivity index (χ3v) is 4.10. The van der Waals surface area contributed by atoms with Gasteiger partial charge in [0.15, 0.2) is 11.5 Å². The van der Waals surface area contributed by atoms with E-state index < -0.39 is 22.5 Å². The van der Waals surface area contributed by atoms with Crippen LogP contribution in [0.3, 0.4) is 0 Å². The van der Waals surface area contributed by atoms with E-state index in [1.807, 2.05) is 6.07 Å². The van der Waals surface area contributed by atoms with Gasteiger partial charge in [-0.05, 0) is 41.9 Å². The topological polar surface area (TPSA) is 129 Å². The average Bonchev–Trinajstić information content (AvgIpc) is 2.70. The van der Waals surface area contributed by atoms with Crippen LogP contribution in [0, 0.1) is 21.4 Å². The van der Waals surface area contributed by atoms with Crippen molar-refractivity contribution in [2.45, 2.75) is 13.8 Å². The Labute approximate surface area is 174 Å². The molecule has 0 amide bonds. The number of carbonyl (C=O) groups is 2. The molecule has 9 nitrogen and oxygen atoms in total. The number of nitriles is 1. The zero-order valence-corrected chi connectivity index (χ0v) is 17.0. The molecule has 2 aromatic rings. The molecule has 0 heterocycles. The van der Waals surface area contributed by atoms with Crippen LogP contribution in [0.5, 0.6) is 11.5 Å². The standard InChI is InChI=1S/C19H15BrN2O7/c1-3-27-16-6-11(10-21)5-15(20)17(16)29-19(24)13-7-12(18(23)28-4-2)8-14(9-13)22(25)26/h5-9H,3-4H2,1-2H3. The van der Waals surface area contributed by atoms with Crippen LogP contribution in [-0.4, -0.2) is 30.1 Å².